The lowest BCUT2D eigenvalue weighted by atomic mass is 9.98. The van der Waals surface area contributed by atoms with E-state index >= 15 is 0 Å². The number of amides is 1. The number of benzene rings is 2. The number of halogens is 1. The Kier molecular flexibility index (Phi) is 7.46. The van der Waals surface area contributed by atoms with Gasteiger partial charge in [-0.2, -0.15) is 0 Å². The number of fused-ring (bicyclic) bond motifs is 2. The smallest absolute Gasteiger partial charge is 0.350 e. The highest BCUT2D eigenvalue weighted by Crippen LogP contribution is 2.45. The number of thiazole rings is 1. The fraction of sp³-hybridized carbons (Fsp3) is 0.286. The number of hydrogen-bond acceptors (Lipinski definition) is 9. The summed E-state index contributed by atoms with van der Waals surface area (Å²) < 4.78 is 23.3. The van der Waals surface area contributed by atoms with Crippen LogP contribution in [0.2, 0.25) is 0 Å². The molecule has 0 N–H and O–H groups in total. The molecule has 0 spiro atoms. The molecule has 0 bridgehead atoms. The fourth-order valence-corrected chi connectivity index (χ4v) is 5.89. The Morgan fingerprint density at radius 3 is 2.64 bits per heavy atom. The molecule has 4 aromatic rings. The number of aryl methyl sites for hydroxylation is 1. The van der Waals surface area contributed by atoms with Gasteiger partial charge in [-0.05, 0) is 56.2 Å². The molecule has 0 saturated carbocycles. The maximum absolute atomic E-state index is 13.9. The Labute approximate surface area is 236 Å². The average Bonchev–Trinajstić information content (AvgIpc) is 3.45. The fourth-order valence-electron chi connectivity index (χ4n) is 4.52. The highest BCUT2D eigenvalue weighted by atomic mass is 79.9. The van der Waals surface area contributed by atoms with Gasteiger partial charge in [-0.3, -0.25) is 14.5 Å². The molecule has 0 saturated heterocycles. The monoisotopic (exact) mass is 612 g/mol. The second-order valence-corrected chi connectivity index (χ2v) is 10.7. The number of anilines is 1. The number of methoxy groups -OCH3 is 1. The van der Waals surface area contributed by atoms with Gasteiger partial charge in [-0.1, -0.05) is 40.3 Å². The van der Waals surface area contributed by atoms with Crippen LogP contribution >= 0.6 is 27.3 Å². The van der Waals surface area contributed by atoms with Gasteiger partial charge in [0, 0.05) is 4.47 Å². The van der Waals surface area contributed by atoms with Crippen molar-refractivity contribution in [1.29, 1.82) is 0 Å². The quantitative estimate of drug-likeness (QED) is 0.221. The molecule has 1 unspecified atom stereocenters. The molecule has 202 valence electrons. The van der Waals surface area contributed by atoms with E-state index in [0.29, 0.717) is 51.4 Å². The van der Waals surface area contributed by atoms with Gasteiger partial charge in [-0.15, -0.1) is 0 Å². The largest absolute Gasteiger partial charge is 0.490 e. The van der Waals surface area contributed by atoms with E-state index in [4.69, 9.17) is 18.6 Å². The van der Waals surface area contributed by atoms with E-state index in [2.05, 4.69) is 20.9 Å². The first-order chi connectivity index (χ1) is 18.8. The third-order valence-corrected chi connectivity index (χ3v) is 7.87. The van der Waals surface area contributed by atoms with E-state index in [1.807, 2.05) is 13.8 Å². The molecule has 5 rings (SSSR count). The molecule has 1 atom stereocenters. The molecule has 39 heavy (non-hydrogen) atoms. The van der Waals surface area contributed by atoms with E-state index in [9.17, 15) is 14.4 Å². The lowest BCUT2D eigenvalue weighted by Crippen LogP contribution is -2.29. The van der Waals surface area contributed by atoms with Crippen LogP contribution in [0.1, 0.15) is 63.4 Å². The Balaban J connectivity index is 1.75. The van der Waals surface area contributed by atoms with Crippen LogP contribution in [0.5, 0.6) is 11.5 Å². The van der Waals surface area contributed by atoms with Crippen LogP contribution in [0.4, 0.5) is 5.13 Å². The minimum atomic E-state index is -0.886. The van der Waals surface area contributed by atoms with Crippen LogP contribution in [0.25, 0.3) is 11.0 Å². The predicted octanol–water partition coefficient (Wildman–Crippen LogP) is 6.04. The maximum Gasteiger partial charge on any atom is 0.350 e. The van der Waals surface area contributed by atoms with Gasteiger partial charge in [0.2, 0.25) is 5.76 Å². The van der Waals surface area contributed by atoms with Crippen LogP contribution in [-0.4, -0.2) is 37.2 Å². The van der Waals surface area contributed by atoms with Gasteiger partial charge < -0.3 is 18.6 Å². The average molecular weight is 613 g/mol. The first-order valence-corrected chi connectivity index (χ1v) is 13.9. The molecular weight excluding hydrogens is 588 g/mol. The summed E-state index contributed by atoms with van der Waals surface area (Å²) in [6.07, 6.45) is 0.821. The summed E-state index contributed by atoms with van der Waals surface area (Å²) in [5.74, 6) is -0.116. The zero-order valence-electron chi connectivity index (χ0n) is 21.7. The van der Waals surface area contributed by atoms with Crippen molar-refractivity contribution >= 4 is 55.2 Å². The molecule has 1 aliphatic heterocycles. The SMILES string of the molecule is CCCOc1ccc(C2c3c(oc4ccc(Br)cc4c3=O)C(=O)N2c2nc(C)c(C(=O)OC)s2)cc1OCC. The lowest BCUT2D eigenvalue weighted by molar-refractivity contribution is 0.0605. The summed E-state index contributed by atoms with van der Waals surface area (Å²) in [6.45, 7) is 6.44. The normalized spacial score (nSPS) is 14.5. The van der Waals surface area contributed by atoms with E-state index in [-0.39, 0.29) is 26.8 Å². The van der Waals surface area contributed by atoms with Crippen molar-refractivity contribution in [2.24, 2.45) is 0 Å². The van der Waals surface area contributed by atoms with Crippen LogP contribution in [-0.2, 0) is 4.74 Å². The van der Waals surface area contributed by atoms with Gasteiger partial charge in [0.1, 0.15) is 10.5 Å². The Morgan fingerprint density at radius 1 is 1.13 bits per heavy atom. The Morgan fingerprint density at radius 2 is 1.92 bits per heavy atom. The van der Waals surface area contributed by atoms with E-state index < -0.39 is 17.9 Å². The lowest BCUT2D eigenvalue weighted by Gasteiger charge is -2.23. The summed E-state index contributed by atoms with van der Waals surface area (Å²) in [7, 11) is 1.28. The van der Waals surface area contributed by atoms with Crippen LogP contribution in [0, 0.1) is 6.92 Å². The van der Waals surface area contributed by atoms with E-state index in [1.54, 1.807) is 43.3 Å². The molecular formula is C28H25BrN2O7S. The zero-order valence-corrected chi connectivity index (χ0v) is 24.1. The topological polar surface area (TPSA) is 108 Å². The number of ether oxygens (including phenoxy) is 3. The molecule has 3 heterocycles. The highest BCUT2D eigenvalue weighted by Gasteiger charge is 2.45. The Bertz CT molecular complexity index is 1660. The van der Waals surface area contributed by atoms with E-state index in [0.717, 1.165) is 17.8 Å². The first-order valence-electron chi connectivity index (χ1n) is 12.3. The van der Waals surface area contributed by atoms with Crippen LogP contribution < -0.4 is 19.8 Å². The summed E-state index contributed by atoms with van der Waals surface area (Å²) in [6, 6.07) is 9.48. The summed E-state index contributed by atoms with van der Waals surface area (Å²) in [5, 5.41) is 0.574. The molecule has 1 aliphatic rings. The number of esters is 1. The van der Waals surface area contributed by atoms with Crippen molar-refractivity contribution in [1.82, 2.24) is 4.98 Å². The number of hydrogen-bond donors (Lipinski definition) is 0. The van der Waals surface area contributed by atoms with Gasteiger partial charge in [0.25, 0.3) is 5.91 Å². The van der Waals surface area contributed by atoms with Crippen LogP contribution in [0.15, 0.2) is 50.1 Å². The second kappa shape index (κ2) is 10.8. The number of carbonyl (C=O) groups is 2. The maximum atomic E-state index is 13.9. The third kappa shape index (κ3) is 4.70. The van der Waals surface area contributed by atoms with Gasteiger partial charge >= 0.3 is 5.97 Å². The molecule has 9 nitrogen and oxygen atoms in total. The molecule has 0 aliphatic carbocycles. The standard InChI is InChI=1S/C28H25BrN2O7S/c1-5-11-37-19-9-7-15(12-20(19)36-6-2)22-21-23(32)17-13-16(29)8-10-18(17)38-24(21)26(33)31(22)28-30-14(3)25(39-28)27(34)35-4/h7-10,12-13,22H,5-6,11H2,1-4H3. The summed E-state index contributed by atoms with van der Waals surface area (Å²) >= 11 is 4.43. The van der Waals surface area contributed by atoms with Crippen LogP contribution in [0.3, 0.4) is 0 Å². The van der Waals surface area contributed by atoms with E-state index in [1.165, 1.54) is 12.0 Å². The number of carbonyl (C=O) groups excluding carboxylic acids is 2. The van der Waals surface area contributed by atoms with Crippen molar-refractivity contribution < 1.29 is 28.2 Å². The highest BCUT2D eigenvalue weighted by molar-refractivity contribution is 9.10. The molecule has 2 aromatic heterocycles. The van der Waals surface area contributed by atoms with Crippen molar-refractivity contribution in [2.75, 3.05) is 25.2 Å². The minimum absolute atomic E-state index is 0.0726. The summed E-state index contributed by atoms with van der Waals surface area (Å²) in [5.41, 5.74) is 1.15. The van der Waals surface area contributed by atoms with Crippen molar-refractivity contribution in [3.8, 4) is 11.5 Å². The Hall–Kier alpha value is -3.70. The number of rotatable bonds is 8. The van der Waals surface area contributed by atoms with Gasteiger partial charge in [0.15, 0.2) is 22.1 Å². The summed E-state index contributed by atoms with van der Waals surface area (Å²) in [4.78, 5) is 46.3. The third-order valence-electron chi connectivity index (χ3n) is 6.24. The van der Waals surface area contributed by atoms with Crippen molar-refractivity contribution in [3.05, 3.63) is 78.6 Å². The predicted molar refractivity (Wildman–Crippen MR) is 150 cm³/mol. The minimum Gasteiger partial charge on any atom is -0.490 e. The molecule has 11 heteroatoms. The van der Waals surface area contributed by atoms with Crippen molar-refractivity contribution in [2.45, 2.75) is 33.2 Å². The first kappa shape index (κ1) is 26.9. The zero-order chi connectivity index (χ0) is 27.8. The van der Waals surface area contributed by atoms with Gasteiger partial charge in [-0.25, -0.2) is 9.78 Å². The molecule has 2 aromatic carbocycles. The van der Waals surface area contributed by atoms with Crippen molar-refractivity contribution in [3.63, 3.8) is 0 Å². The number of aromatic nitrogens is 1. The molecule has 1 amide bonds. The second-order valence-electron chi connectivity index (χ2n) is 8.78. The molecule has 0 fully saturated rings. The van der Waals surface area contributed by atoms with Gasteiger partial charge in [0.05, 0.1) is 43.0 Å². The number of nitrogens with zero attached hydrogens (tertiary/aromatic N) is 2. The molecule has 0 radical (unpaired) electrons.